The number of rotatable bonds is 6. The van der Waals surface area contributed by atoms with Gasteiger partial charge in [-0.15, -0.1) is 0 Å². The first kappa shape index (κ1) is 16.7. The van der Waals surface area contributed by atoms with Gasteiger partial charge in [-0.1, -0.05) is 48.9 Å². The second-order valence-corrected chi connectivity index (χ2v) is 5.76. The van der Waals surface area contributed by atoms with E-state index in [1.54, 1.807) is 31.2 Å². The third-order valence-electron chi connectivity index (χ3n) is 4.27. The van der Waals surface area contributed by atoms with Gasteiger partial charge in [-0.3, -0.25) is 9.59 Å². The highest BCUT2D eigenvalue weighted by atomic mass is 35.5. The summed E-state index contributed by atoms with van der Waals surface area (Å²) in [6, 6.07) is 8.66. The van der Waals surface area contributed by atoms with Gasteiger partial charge in [-0.25, -0.2) is 0 Å². The Morgan fingerprint density at radius 2 is 1.82 bits per heavy atom. The van der Waals surface area contributed by atoms with E-state index in [4.69, 9.17) is 11.6 Å². The van der Waals surface area contributed by atoms with Crippen LogP contribution in [-0.2, 0) is 4.79 Å². The molecule has 1 aromatic rings. The zero-order valence-electron chi connectivity index (χ0n) is 13.0. The third-order valence-corrected chi connectivity index (χ3v) is 4.62. The fraction of sp³-hybridized carbons (Fsp3) is 0.412. The van der Waals surface area contributed by atoms with Gasteiger partial charge in [0.25, 0.3) is 0 Å². The summed E-state index contributed by atoms with van der Waals surface area (Å²) in [5.74, 6) is -1.74. The number of ketones is 2. The van der Waals surface area contributed by atoms with Gasteiger partial charge in [-0.05, 0) is 13.8 Å². The molecule has 0 aromatic heterocycles. The SMILES string of the molecule is CCN(CC)C1=C(Cl)C(=O)C1(O)C(C)C(=O)c1ccccc1. The van der Waals surface area contributed by atoms with E-state index in [1.807, 2.05) is 24.8 Å². The van der Waals surface area contributed by atoms with E-state index in [0.29, 0.717) is 24.4 Å². The molecule has 22 heavy (non-hydrogen) atoms. The maximum Gasteiger partial charge on any atom is 0.214 e. The normalized spacial score (nSPS) is 22.3. The van der Waals surface area contributed by atoms with Crippen molar-refractivity contribution in [3.05, 3.63) is 46.6 Å². The maximum atomic E-state index is 12.6. The highest BCUT2D eigenvalue weighted by Gasteiger charge is 2.59. The summed E-state index contributed by atoms with van der Waals surface area (Å²) in [5, 5.41) is 10.9. The van der Waals surface area contributed by atoms with Crippen LogP contribution in [0, 0.1) is 5.92 Å². The zero-order chi connectivity index (χ0) is 16.5. The van der Waals surface area contributed by atoms with Crippen molar-refractivity contribution < 1.29 is 14.7 Å². The van der Waals surface area contributed by atoms with Crippen molar-refractivity contribution in [1.82, 2.24) is 4.90 Å². The lowest BCUT2D eigenvalue weighted by atomic mass is 9.70. The van der Waals surface area contributed by atoms with Crippen molar-refractivity contribution in [2.45, 2.75) is 26.4 Å². The molecule has 0 radical (unpaired) electrons. The first-order chi connectivity index (χ1) is 10.4. The molecule has 0 saturated heterocycles. The molecule has 0 bridgehead atoms. The Morgan fingerprint density at radius 1 is 1.27 bits per heavy atom. The standard InChI is InChI=1S/C17H20ClNO3/c1-4-19(5-2)15-13(18)16(21)17(15,22)11(3)14(20)12-9-7-6-8-10-12/h6-11,22H,4-5H2,1-3H3. The van der Waals surface area contributed by atoms with Crippen LogP contribution in [0.3, 0.4) is 0 Å². The van der Waals surface area contributed by atoms with Crippen molar-refractivity contribution in [1.29, 1.82) is 0 Å². The minimum Gasteiger partial charge on any atom is -0.375 e. The Morgan fingerprint density at radius 3 is 2.32 bits per heavy atom. The summed E-state index contributed by atoms with van der Waals surface area (Å²) >= 11 is 6.01. The molecule has 0 amide bonds. The minimum absolute atomic E-state index is 0.0268. The molecule has 0 spiro atoms. The monoisotopic (exact) mass is 321 g/mol. The number of nitrogens with zero attached hydrogens (tertiary/aromatic N) is 1. The Labute approximate surface area is 135 Å². The molecule has 0 aliphatic heterocycles. The number of hydrogen-bond acceptors (Lipinski definition) is 4. The fourth-order valence-corrected chi connectivity index (χ4v) is 3.26. The number of halogens is 1. The minimum atomic E-state index is -1.84. The average molecular weight is 322 g/mol. The number of aliphatic hydroxyl groups is 1. The molecule has 2 rings (SSSR count). The van der Waals surface area contributed by atoms with Crippen molar-refractivity contribution >= 4 is 23.2 Å². The first-order valence-electron chi connectivity index (χ1n) is 7.41. The molecule has 118 valence electrons. The summed E-state index contributed by atoms with van der Waals surface area (Å²) in [6.45, 7) is 6.59. The smallest absolute Gasteiger partial charge is 0.214 e. The summed E-state index contributed by atoms with van der Waals surface area (Å²) in [4.78, 5) is 26.6. The van der Waals surface area contributed by atoms with E-state index < -0.39 is 17.3 Å². The largest absolute Gasteiger partial charge is 0.375 e. The van der Waals surface area contributed by atoms with Gasteiger partial charge in [0.2, 0.25) is 5.78 Å². The van der Waals surface area contributed by atoms with Gasteiger partial charge in [0, 0.05) is 18.7 Å². The Bertz CT molecular complexity index is 622. The van der Waals surface area contributed by atoms with Gasteiger partial charge in [-0.2, -0.15) is 0 Å². The average Bonchev–Trinajstić information content (AvgIpc) is 2.57. The van der Waals surface area contributed by atoms with Crippen molar-refractivity contribution in [2.24, 2.45) is 5.92 Å². The van der Waals surface area contributed by atoms with E-state index in [9.17, 15) is 14.7 Å². The van der Waals surface area contributed by atoms with Crippen molar-refractivity contribution in [3.63, 3.8) is 0 Å². The van der Waals surface area contributed by atoms with Crippen LogP contribution in [0.5, 0.6) is 0 Å². The molecule has 0 fully saturated rings. The number of carbonyl (C=O) groups excluding carboxylic acids is 2. The molecule has 2 unspecified atom stereocenters. The summed E-state index contributed by atoms with van der Waals surface area (Å²) in [7, 11) is 0. The first-order valence-corrected chi connectivity index (χ1v) is 7.78. The summed E-state index contributed by atoms with van der Waals surface area (Å²) in [6.07, 6.45) is 0. The molecule has 0 heterocycles. The molecule has 4 nitrogen and oxygen atoms in total. The number of hydrogen-bond donors (Lipinski definition) is 1. The van der Waals surface area contributed by atoms with Crippen LogP contribution in [0.2, 0.25) is 0 Å². The van der Waals surface area contributed by atoms with Crippen LogP contribution < -0.4 is 0 Å². The van der Waals surface area contributed by atoms with Crippen LogP contribution in [0.4, 0.5) is 0 Å². The topological polar surface area (TPSA) is 57.6 Å². The third kappa shape index (κ3) is 2.36. The van der Waals surface area contributed by atoms with E-state index in [1.165, 1.54) is 0 Å². The van der Waals surface area contributed by atoms with Gasteiger partial charge in [0.05, 0.1) is 11.6 Å². The number of likely N-dealkylation sites (N-methyl/N-ethyl adjacent to an activating group) is 1. The van der Waals surface area contributed by atoms with Crippen molar-refractivity contribution in [3.8, 4) is 0 Å². The maximum absolute atomic E-state index is 12.6. The predicted molar refractivity (Wildman–Crippen MR) is 85.7 cm³/mol. The highest BCUT2D eigenvalue weighted by molar-refractivity contribution is 6.48. The lowest BCUT2D eigenvalue weighted by Gasteiger charge is -2.46. The second kappa shape index (κ2) is 6.23. The summed E-state index contributed by atoms with van der Waals surface area (Å²) < 4.78 is 0. The van der Waals surface area contributed by atoms with Gasteiger partial charge in [0.15, 0.2) is 11.4 Å². The molecule has 1 aromatic carbocycles. The fourth-order valence-electron chi connectivity index (χ4n) is 2.85. The molecular formula is C17H20ClNO3. The van der Waals surface area contributed by atoms with Crippen molar-refractivity contribution in [2.75, 3.05) is 13.1 Å². The molecular weight excluding hydrogens is 302 g/mol. The molecule has 5 heteroatoms. The van der Waals surface area contributed by atoms with Crippen LogP contribution in [0.25, 0.3) is 0 Å². The molecule has 1 aliphatic carbocycles. The quantitative estimate of drug-likeness (QED) is 0.818. The molecule has 2 atom stereocenters. The van der Waals surface area contributed by atoms with E-state index in [2.05, 4.69) is 0 Å². The highest BCUT2D eigenvalue weighted by Crippen LogP contribution is 2.45. The summed E-state index contributed by atoms with van der Waals surface area (Å²) in [5.41, 5.74) is -1.00. The van der Waals surface area contributed by atoms with Gasteiger partial charge in [0.1, 0.15) is 5.03 Å². The van der Waals surface area contributed by atoms with Gasteiger partial charge < -0.3 is 10.0 Å². The zero-order valence-corrected chi connectivity index (χ0v) is 13.7. The van der Waals surface area contributed by atoms with Crippen LogP contribution in [-0.4, -0.2) is 40.3 Å². The van der Waals surface area contributed by atoms with E-state index in [-0.39, 0.29) is 10.8 Å². The number of Topliss-reactive ketones (excluding diaryl/α,β-unsaturated/α-hetero) is 2. The number of benzene rings is 1. The van der Waals surface area contributed by atoms with Crippen LogP contribution in [0.15, 0.2) is 41.1 Å². The lowest BCUT2D eigenvalue weighted by molar-refractivity contribution is -0.139. The number of carbonyl (C=O) groups is 2. The molecule has 1 N–H and O–H groups in total. The molecule has 1 aliphatic rings. The Kier molecular flexibility index (Phi) is 4.73. The second-order valence-electron chi connectivity index (χ2n) is 5.38. The molecule has 0 saturated carbocycles. The van der Waals surface area contributed by atoms with Crippen LogP contribution in [0.1, 0.15) is 31.1 Å². The lowest BCUT2D eigenvalue weighted by Crippen LogP contribution is -2.60. The Hall–Kier alpha value is -1.65. The van der Waals surface area contributed by atoms with Gasteiger partial charge >= 0.3 is 0 Å². The van der Waals surface area contributed by atoms with Crippen LogP contribution >= 0.6 is 11.6 Å². The van der Waals surface area contributed by atoms with E-state index in [0.717, 1.165) is 0 Å². The predicted octanol–water partition coefficient (Wildman–Crippen LogP) is 2.61. The Balaban J connectivity index is 2.38. The van der Waals surface area contributed by atoms with E-state index >= 15 is 0 Å².